The fourth-order valence-electron chi connectivity index (χ4n) is 3.04. The first-order chi connectivity index (χ1) is 10.7. The molecule has 8 nitrogen and oxygen atoms in total. The molecule has 1 aliphatic rings. The Hall–Kier alpha value is -2.38. The summed E-state index contributed by atoms with van der Waals surface area (Å²) in [6, 6.07) is 0. The average Bonchev–Trinajstić information content (AvgIpc) is 3.16. The van der Waals surface area contributed by atoms with E-state index >= 15 is 0 Å². The Balaban J connectivity index is 1.67. The number of rotatable bonds is 4. The molecule has 22 heavy (non-hydrogen) atoms. The first-order valence-electron chi connectivity index (χ1n) is 7.60. The van der Waals surface area contributed by atoms with Crippen LogP contribution in [0.25, 0.3) is 0 Å². The van der Waals surface area contributed by atoms with Crippen LogP contribution in [-0.4, -0.2) is 49.3 Å². The molecule has 2 aromatic rings. The van der Waals surface area contributed by atoms with E-state index < -0.39 is 0 Å². The van der Waals surface area contributed by atoms with Crippen molar-refractivity contribution >= 4 is 5.91 Å². The van der Waals surface area contributed by atoms with Crippen LogP contribution in [0.2, 0.25) is 0 Å². The highest BCUT2D eigenvalue weighted by molar-refractivity contribution is 5.78. The maximum atomic E-state index is 12.4. The van der Waals surface area contributed by atoms with Gasteiger partial charge in [-0.1, -0.05) is 6.92 Å². The second kappa shape index (κ2) is 6.17. The van der Waals surface area contributed by atoms with Gasteiger partial charge in [-0.3, -0.25) is 14.9 Å². The van der Waals surface area contributed by atoms with Gasteiger partial charge >= 0.3 is 5.69 Å². The number of nitrogens with one attached hydrogen (secondary N) is 3. The predicted molar refractivity (Wildman–Crippen MR) is 79.4 cm³/mol. The maximum absolute atomic E-state index is 12.4. The highest BCUT2D eigenvalue weighted by Crippen LogP contribution is 2.28. The highest BCUT2D eigenvalue weighted by Gasteiger charge is 2.27. The molecule has 1 fully saturated rings. The molecule has 0 saturated carbocycles. The molecular formula is C14H20N6O2. The number of piperidine rings is 1. The Morgan fingerprint density at radius 3 is 3.05 bits per heavy atom. The fourth-order valence-corrected chi connectivity index (χ4v) is 3.04. The Bertz CT molecular complexity index is 700. The highest BCUT2D eigenvalue weighted by atomic mass is 16.2. The minimum atomic E-state index is -0.385. The monoisotopic (exact) mass is 304 g/mol. The standard InChI is InChI=1S/C14H20N6O2/c1-2-9-7-15-18-13(9)10-4-3-5-20(8-10)12(21)6-11-16-14(22)19-17-11/h7,10H,2-6,8H2,1H3,(H,15,18)(H2,16,17,19,22). The van der Waals surface area contributed by atoms with Gasteiger partial charge in [0, 0.05) is 24.7 Å². The van der Waals surface area contributed by atoms with Gasteiger partial charge in [-0.15, -0.1) is 0 Å². The van der Waals surface area contributed by atoms with Crippen molar-refractivity contribution in [3.8, 4) is 0 Å². The van der Waals surface area contributed by atoms with Gasteiger partial charge in [-0.2, -0.15) is 10.2 Å². The van der Waals surface area contributed by atoms with Crippen molar-refractivity contribution in [3.05, 3.63) is 33.8 Å². The minimum Gasteiger partial charge on any atom is -0.342 e. The molecule has 1 aliphatic heterocycles. The van der Waals surface area contributed by atoms with E-state index in [0.717, 1.165) is 31.5 Å². The third kappa shape index (κ3) is 2.95. The number of amides is 1. The van der Waals surface area contributed by atoms with Crippen LogP contribution in [-0.2, 0) is 17.6 Å². The molecule has 0 aromatic carbocycles. The lowest BCUT2D eigenvalue weighted by atomic mass is 9.92. The van der Waals surface area contributed by atoms with Crippen molar-refractivity contribution in [2.24, 2.45) is 0 Å². The van der Waals surface area contributed by atoms with Crippen LogP contribution >= 0.6 is 0 Å². The van der Waals surface area contributed by atoms with E-state index in [4.69, 9.17) is 0 Å². The summed E-state index contributed by atoms with van der Waals surface area (Å²) in [5.74, 6) is 0.673. The fraction of sp³-hybridized carbons (Fsp3) is 0.571. The van der Waals surface area contributed by atoms with Crippen LogP contribution in [0, 0.1) is 0 Å². The van der Waals surface area contributed by atoms with E-state index in [2.05, 4.69) is 32.3 Å². The topological polar surface area (TPSA) is 111 Å². The first kappa shape index (κ1) is 14.6. The summed E-state index contributed by atoms with van der Waals surface area (Å²) < 4.78 is 0. The van der Waals surface area contributed by atoms with Gasteiger partial charge in [0.05, 0.1) is 12.6 Å². The van der Waals surface area contributed by atoms with Crippen LogP contribution in [0.1, 0.15) is 42.8 Å². The molecule has 1 saturated heterocycles. The number of H-pyrrole nitrogens is 3. The first-order valence-corrected chi connectivity index (χ1v) is 7.60. The Kier molecular flexibility index (Phi) is 4.08. The van der Waals surface area contributed by atoms with E-state index in [9.17, 15) is 9.59 Å². The number of aryl methyl sites for hydroxylation is 1. The van der Waals surface area contributed by atoms with Gasteiger partial charge < -0.3 is 4.90 Å². The lowest BCUT2D eigenvalue weighted by Gasteiger charge is -2.32. The maximum Gasteiger partial charge on any atom is 0.340 e. The summed E-state index contributed by atoms with van der Waals surface area (Å²) in [7, 11) is 0. The number of likely N-dealkylation sites (tertiary alicyclic amines) is 1. The number of nitrogens with zero attached hydrogens (tertiary/aromatic N) is 3. The van der Waals surface area contributed by atoms with E-state index in [1.807, 2.05) is 11.1 Å². The third-order valence-corrected chi connectivity index (χ3v) is 4.18. The normalized spacial score (nSPS) is 18.6. The van der Waals surface area contributed by atoms with Crippen LogP contribution in [0.3, 0.4) is 0 Å². The Morgan fingerprint density at radius 2 is 2.32 bits per heavy atom. The van der Waals surface area contributed by atoms with E-state index in [1.54, 1.807) is 0 Å². The minimum absolute atomic E-state index is 0.00925. The Morgan fingerprint density at radius 1 is 1.45 bits per heavy atom. The van der Waals surface area contributed by atoms with Crippen molar-refractivity contribution in [2.75, 3.05) is 13.1 Å². The molecule has 3 heterocycles. The number of carbonyl (C=O) groups is 1. The van der Waals surface area contributed by atoms with E-state index in [-0.39, 0.29) is 18.0 Å². The lowest BCUT2D eigenvalue weighted by Crippen LogP contribution is -2.40. The van der Waals surface area contributed by atoms with Gasteiger partial charge in [0.15, 0.2) is 0 Å². The van der Waals surface area contributed by atoms with Crippen molar-refractivity contribution in [2.45, 2.75) is 38.5 Å². The second-order valence-electron chi connectivity index (χ2n) is 5.64. The third-order valence-electron chi connectivity index (χ3n) is 4.18. The molecule has 3 N–H and O–H groups in total. The van der Waals surface area contributed by atoms with E-state index in [1.165, 1.54) is 5.56 Å². The molecule has 118 valence electrons. The number of aromatic nitrogens is 5. The largest absolute Gasteiger partial charge is 0.342 e. The summed E-state index contributed by atoms with van der Waals surface area (Å²) in [6.07, 6.45) is 4.94. The van der Waals surface area contributed by atoms with Crippen molar-refractivity contribution < 1.29 is 4.79 Å². The zero-order valence-corrected chi connectivity index (χ0v) is 12.6. The SMILES string of the molecule is CCc1cn[nH]c1C1CCCN(C(=O)Cc2n[nH]c(=O)[nH]2)C1. The van der Waals surface area contributed by atoms with Gasteiger partial charge in [0.1, 0.15) is 5.82 Å². The molecular weight excluding hydrogens is 284 g/mol. The predicted octanol–water partition coefficient (Wildman–Crippen LogP) is 0.332. The lowest BCUT2D eigenvalue weighted by molar-refractivity contribution is -0.131. The zero-order valence-electron chi connectivity index (χ0n) is 12.6. The molecule has 8 heteroatoms. The Labute approximate surface area is 127 Å². The smallest absolute Gasteiger partial charge is 0.340 e. The molecule has 0 aliphatic carbocycles. The molecule has 1 unspecified atom stereocenters. The summed E-state index contributed by atoms with van der Waals surface area (Å²) in [6.45, 7) is 3.54. The second-order valence-corrected chi connectivity index (χ2v) is 5.64. The van der Waals surface area contributed by atoms with Crippen molar-refractivity contribution in [3.63, 3.8) is 0 Å². The summed E-state index contributed by atoms with van der Waals surface area (Å²) in [4.78, 5) is 27.8. The average molecular weight is 304 g/mol. The molecule has 3 rings (SSSR count). The molecule has 2 aromatic heterocycles. The molecule has 0 spiro atoms. The molecule has 0 radical (unpaired) electrons. The van der Waals surface area contributed by atoms with Crippen LogP contribution in [0.15, 0.2) is 11.0 Å². The van der Waals surface area contributed by atoms with Gasteiger partial charge in [-0.05, 0) is 24.8 Å². The molecule has 1 amide bonds. The number of carbonyl (C=O) groups excluding carboxylic acids is 1. The van der Waals surface area contributed by atoms with E-state index in [0.29, 0.717) is 18.3 Å². The van der Waals surface area contributed by atoms with Crippen LogP contribution in [0.4, 0.5) is 0 Å². The number of hydrogen-bond donors (Lipinski definition) is 3. The van der Waals surface area contributed by atoms with Crippen LogP contribution < -0.4 is 5.69 Å². The molecule has 1 atom stereocenters. The summed E-state index contributed by atoms with van der Waals surface area (Å²) in [5, 5.41) is 13.3. The number of hydrogen-bond acceptors (Lipinski definition) is 4. The van der Waals surface area contributed by atoms with Crippen molar-refractivity contribution in [1.29, 1.82) is 0 Å². The van der Waals surface area contributed by atoms with Gasteiger partial charge in [0.25, 0.3) is 0 Å². The number of aromatic amines is 3. The molecule has 0 bridgehead atoms. The summed E-state index contributed by atoms with van der Waals surface area (Å²) in [5.41, 5.74) is 1.98. The van der Waals surface area contributed by atoms with Gasteiger partial charge in [-0.25, -0.2) is 9.89 Å². The van der Waals surface area contributed by atoms with Gasteiger partial charge in [0.2, 0.25) is 5.91 Å². The quantitative estimate of drug-likeness (QED) is 0.756. The zero-order chi connectivity index (χ0) is 15.5. The van der Waals surface area contributed by atoms with Crippen molar-refractivity contribution in [1.82, 2.24) is 30.3 Å². The van der Waals surface area contributed by atoms with Crippen LogP contribution in [0.5, 0.6) is 0 Å². The summed E-state index contributed by atoms with van der Waals surface area (Å²) >= 11 is 0.